The molecule has 16 heavy (non-hydrogen) atoms. The Labute approximate surface area is 97.0 Å². The molecule has 1 aliphatic rings. The van der Waals surface area contributed by atoms with E-state index in [1.165, 1.54) is 0 Å². The molecule has 0 unspecified atom stereocenters. The van der Waals surface area contributed by atoms with Crippen LogP contribution in [0.25, 0.3) is 0 Å². The zero-order valence-electron chi connectivity index (χ0n) is 10.5. The number of carbonyl (C=O) groups excluding carboxylic acids is 1. The highest BCUT2D eigenvalue weighted by Crippen LogP contribution is 2.29. The van der Waals surface area contributed by atoms with Crippen LogP contribution in [0.5, 0.6) is 0 Å². The van der Waals surface area contributed by atoms with Gasteiger partial charge in [0.05, 0.1) is 12.2 Å². The van der Waals surface area contributed by atoms with Gasteiger partial charge < -0.3 is 15.5 Å². The van der Waals surface area contributed by atoms with Crippen molar-refractivity contribution in [3.63, 3.8) is 0 Å². The minimum Gasteiger partial charge on any atom is -0.390 e. The van der Waals surface area contributed by atoms with E-state index < -0.39 is 18.1 Å². The third-order valence-corrected chi connectivity index (χ3v) is 3.16. The molecule has 0 amide bonds. The molecule has 0 aromatic heterocycles. The molecule has 0 aromatic rings. The maximum Gasteiger partial charge on any atom is 0.141 e. The molecule has 0 spiro atoms. The predicted octanol–water partition coefficient (Wildman–Crippen LogP) is 0.320. The lowest BCUT2D eigenvalue weighted by atomic mass is 9.92. The second-order valence-electron chi connectivity index (χ2n) is 5.31. The molecular formula is C12H23NO3. The number of nitrogens with one attached hydrogen (secondary N) is 1. The predicted molar refractivity (Wildman–Crippen MR) is 62.0 cm³/mol. The molecule has 0 radical (unpaired) electrons. The van der Waals surface area contributed by atoms with Gasteiger partial charge in [-0.1, -0.05) is 27.7 Å². The molecule has 0 saturated heterocycles. The molecular weight excluding hydrogens is 206 g/mol. The number of hydrogen-bond donors (Lipinski definition) is 3. The molecule has 3 N–H and O–H groups in total. The summed E-state index contributed by atoms with van der Waals surface area (Å²) >= 11 is 0. The van der Waals surface area contributed by atoms with Gasteiger partial charge in [-0.25, -0.2) is 0 Å². The van der Waals surface area contributed by atoms with Gasteiger partial charge >= 0.3 is 0 Å². The number of rotatable bonds is 4. The lowest BCUT2D eigenvalue weighted by Crippen LogP contribution is -2.43. The van der Waals surface area contributed by atoms with Gasteiger partial charge in [-0.05, 0) is 6.42 Å². The number of carbonyl (C=O) groups is 1. The Hall–Kier alpha value is -0.450. The summed E-state index contributed by atoms with van der Waals surface area (Å²) in [4.78, 5) is 11.8. The lowest BCUT2D eigenvalue weighted by molar-refractivity contribution is -0.129. The molecule has 1 saturated carbocycles. The first kappa shape index (κ1) is 13.6. The minimum atomic E-state index is -0.925. The lowest BCUT2D eigenvalue weighted by Gasteiger charge is -2.20. The van der Waals surface area contributed by atoms with Crippen molar-refractivity contribution in [3.8, 4) is 0 Å². The molecule has 4 heteroatoms. The smallest absolute Gasteiger partial charge is 0.141 e. The Morgan fingerprint density at radius 3 is 2.19 bits per heavy atom. The van der Waals surface area contributed by atoms with E-state index in [4.69, 9.17) is 0 Å². The monoisotopic (exact) mass is 229 g/mol. The summed E-state index contributed by atoms with van der Waals surface area (Å²) < 4.78 is 0. The normalized spacial score (nSPS) is 35.0. The molecule has 0 aromatic carbocycles. The van der Waals surface area contributed by atoms with Crippen LogP contribution in [0, 0.1) is 11.8 Å². The second kappa shape index (κ2) is 5.25. The van der Waals surface area contributed by atoms with Gasteiger partial charge in [-0.3, -0.25) is 4.79 Å². The largest absolute Gasteiger partial charge is 0.390 e. The summed E-state index contributed by atoms with van der Waals surface area (Å²) in [7, 11) is 0. The van der Waals surface area contributed by atoms with E-state index in [1.807, 2.05) is 27.7 Å². The molecule has 4 atom stereocenters. The van der Waals surface area contributed by atoms with Gasteiger partial charge in [0.25, 0.3) is 0 Å². The fourth-order valence-corrected chi connectivity index (χ4v) is 2.34. The third-order valence-electron chi connectivity index (χ3n) is 3.16. The molecule has 4 nitrogen and oxygen atoms in total. The average molecular weight is 229 g/mol. The molecule has 1 rings (SSSR count). The summed E-state index contributed by atoms with van der Waals surface area (Å²) in [6.45, 7) is 7.61. The van der Waals surface area contributed by atoms with Crippen molar-refractivity contribution in [2.75, 3.05) is 0 Å². The summed E-state index contributed by atoms with van der Waals surface area (Å²) in [5.41, 5.74) is 0. The number of Topliss-reactive ketones (excluding diaryl/α,β-unsaturated/α-hetero) is 1. The van der Waals surface area contributed by atoms with Crippen LogP contribution in [0.4, 0.5) is 0 Å². The number of hydrogen-bond acceptors (Lipinski definition) is 4. The van der Waals surface area contributed by atoms with Crippen LogP contribution in [0.3, 0.4) is 0 Å². The van der Waals surface area contributed by atoms with Crippen LogP contribution in [0.1, 0.15) is 34.1 Å². The SMILES string of the molecule is CC(C)N[C@@H]1C[C@H](C(=O)C(C)C)[C@@H](O)[C@H]1O. The highest BCUT2D eigenvalue weighted by atomic mass is 16.3. The maximum atomic E-state index is 11.8. The maximum absolute atomic E-state index is 11.8. The van der Waals surface area contributed by atoms with Crippen LogP contribution < -0.4 is 5.32 Å². The van der Waals surface area contributed by atoms with Crippen molar-refractivity contribution in [1.29, 1.82) is 0 Å². The fourth-order valence-electron chi connectivity index (χ4n) is 2.34. The van der Waals surface area contributed by atoms with Crippen LogP contribution in [0.2, 0.25) is 0 Å². The average Bonchev–Trinajstić information content (AvgIpc) is 2.44. The van der Waals surface area contributed by atoms with E-state index in [2.05, 4.69) is 5.32 Å². The summed E-state index contributed by atoms with van der Waals surface area (Å²) in [6.07, 6.45) is -1.24. The van der Waals surface area contributed by atoms with E-state index in [9.17, 15) is 15.0 Å². The summed E-state index contributed by atoms with van der Waals surface area (Å²) in [5.74, 6) is -0.476. The molecule has 1 aliphatic carbocycles. The molecule has 0 aliphatic heterocycles. The van der Waals surface area contributed by atoms with Gasteiger partial charge in [0.15, 0.2) is 0 Å². The van der Waals surface area contributed by atoms with Crippen molar-refractivity contribution in [3.05, 3.63) is 0 Å². The van der Waals surface area contributed by atoms with Crippen LogP contribution in [0.15, 0.2) is 0 Å². The molecule has 0 heterocycles. The van der Waals surface area contributed by atoms with E-state index in [-0.39, 0.29) is 23.8 Å². The van der Waals surface area contributed by atoms with Gasteiger partial charge in [-0.2, -0.15) is 0 Å². The van der Waals surface area contributed by atoms with Crippen LogP contribution in [-0.4, -0.2) is 40.3 Å². The van der Waals surface area contributed by atoms with Gasteiger partial charge in [-0.15, -0.1) is 0 Å². The fraction of sp³-hybridized carbons (Fsp3) is 0.917. The molecule has 0 bridgehead atoms. The van der Waals surface area contributed by atoms with Crippen LogP contribution >= 0.6 is 0 Å². The minimum absolute atomic E-state index is 0.0413. The molecule has 94 valence electrons. The van der Waals surface area contributed by atoms with E-state index in [0.29, 0.717) is 6.42 Å². The number of ketones is 1. The Bertz CT molecular complexity index is 253. The van der Waals surface area contributed by atoms with Crippen molar-refractivity contribution in [2.45, 2.75) is 58.4 Å². The second-order valence-corrected chi connectivity index (χ2v) is 5.31. The Balaban J connectivity index is 2.67. The molecule has 1 fully saturated rings. The van der Waals surface area contributed by atoms with Crippen molar-refractivity contribution in [1.82, 2.24) is 5.32 Å². The van der Waals surface area contributed by atoms with E-state index >= 15 is 0 Å². The standard InChI is InChI=1S/C12H23NO3/c1-6(2)10(14)8-5-9(13-7(3)4)12(16)11(8)15/h6-9,11-13,15-16H,5H2,1-4H3/t8-,9-,11-,12+/m1/s1. The number of aliphatic hydroxyl groups is 2. The van der Waals surface area contributed by atoms with Gasteiger partial charge in [0, 0.05) is 23.9 Å². The number of aliphatic hydroxyl groups excluding tert-OH is 2. The zero-order valence-corrected chi connectivity index (χ0v) is 10.5. The van der Waals surface area contributed by atoms with Crippen molar-refractivity contribution >= 4 is 5.78 Å². The van der Waals surface area contributed by atoms with Gasteiger partial charge in [0.2, 0.25) is 0 Å². The first-order valence-electron chi connectivity index (χ1n) is 6.00. The van der Waals surface area contributed by atoms with E-state index in [0.717, 1.165) is 0 Å². The van der Waals surface area contributed by atoms with Crippen molar-refractivity contribution in [2.24, 2.45) is 11.8 Å². The summed E-state index contributed by atoms with van der Waals surface area (Å²) in [6, 6.07) is 0.0578. The Kier molecular flexibility index (Phi) is 4.47. The van der Waals surface area contributed by atoms with E-state index in [1.54, 1.807) is 0 Å². The first-order chi connectivity index (χ1) is 7.34. The van der Waals surface area contributed by atoms with Crippen molar-refractivity contribution < 1.29 is 15.0 Å². The third kappa shape index (κ3) is 2.81. The quantitative estimate of drug-likeness (QED) is 0.649. The zero-order chi connectivity index (χ0) is 12.5. The summed E-state index contributed by atoms with van der Waals surface area (Å²) in [5, 5.41) is 22.9. The Morgan fingerprint density at radius 2 is 1.75 bits per heavy atom. The first-order valence-corrected chi connectivity index (χ1v) is 6.00. The highest BCUT2D eigenvalue weighted by molar-refractivity contribution is 5.83. The Morgan fingerprint density at radius 1 is 1.19 bits per heavy atom. The van der Waals surface area contributed by atoms with Crippen LogP contribution in [-0.2, 0) is 4.79 Å². The highest BCUT2D eigenvalue weighted by Gasteiger charge is 2.45. The topological polar surface area (TPSA) is 69.6 Å². The van der Waals surface area contributed by atoms with Gasteiger partial charge in [0.1, 0.15) is 5.78 Å².